The van der Waals surface area contributed by atoms with Gasteiger partial charge in [0.1, 0.15) is 11.0 Å². The van der Waals surface area contributed by atoms with Crippen molar-refractivity contribution in [3.63, 3.8) is 0 Å². The van der Waals surface area contributed by atoms with Gasteiger partial charge >= 0.3 is 10.0 Å². The summed E-state index contributed by atoms with van der Waals surface area (Å²) >= 11 is 1.05. The molecule has 0 aliphatic heterocycles. The Morgan fingerprint density at radius 2 is 2.06 bits per heavy atom. The maximum Gasteiger partial charge on any atom is 0.312 e. The number of nitrogens with zero attached hydrogens (tertiary/aromatic N) is 4. The molecule has 0 fully saturated rings. The van der Waals surface area contributed by atoms with Gasteiger partial charge in [-0.25, -0.2) is 4.98 Å². The first-order chi connectivity index (χ1) is 8.19. The van der Waals surface area contributed by atoms with E-state index in [4.69, 9.17) is 0 Å². The molecule has 0 unspecified atom stereocenters. The molecule has 0 saturated heterocycles. The Kier molecular flexibility index (Phi) is 2.20. The predicted molar refractivity (Wildman–Crippen MR) is 62.2 cm³/mol. The molecule has 6 nitrogen and oxygen atoms in total. The Hall–Kier alpha value is -1.80. The standard InChI is InChI=1S/C9H6N4O2S2/c14-17(15,9-10-5-6-16-9)13-8-4-2-1-3-7(8)11-12-13/h1-6H. The molecule has 0 spiro atoms. The minimum Gasteiger partial charge on any atom is -0.232 e. The lowest BCUT2D eigenvalue weighted by Gasteiger charge is -1.99. The number of fused-ring (bicyclic) bond motifs is 1. The highest BCUT2D eigenvalue weighted by molar-refractivity contribution is 7.91. The van der Waals surface area contributed by atoms with E-state index >= 15 is 0 Å². The van der Waals surface area contributed by atoms with Gasteiger partial charge in [-0.1, -0.05) is 17.3 Å². The van der Waals surface area contributed by atoms with Crippen molar-refractivity contribution in [3.05, 3.63) is 35.8 Å². The van der Waals surface area contributed by atoms with E-state index in [-0.39, 0.29) is 4.34 Å². The van der Waals surface area contributed by atoms with Crippen LogP contribution in [0.1, 0.15) is 0 Å². The first kappa shape index (κ1) is 10.4. The van der Waals surface area contributed by atoms with Crippen LogP contribution in [0.15, 0.2) is 40.2 Å². The summed E-state index contributed by atoms with van der Waals surface area (Å²) in [6.45, 7) is 0. The summed E-state index contributed by atoms with van der Waals surface area (Å²) in [5.41, 5.74) is 0.982. The maximum absolute atomic E-state index is 12.2. The molecule has 0 amide bonds. The summed E-state index contributed by atoms with van der Waals surface area (Å²) < 4.78 is 25.3. The fraction of sp³-hybridized carbons (Fsp3) is 0. The van der Waals surface area contributed by atoms with Crippen molar-refractivity contribution >= 4 is 32.4 Å². The first-order valence-electron chi connectivity index (χ1n) is 4.65. The Labute approximate surface area is 101 Å². The summed E-state index contributed by atoms with van der Waals surface area (Å²) in [4.78, 5) is 3.79. The molecular formula is C9H6N4O2S2. The van der Waals surface area contributed by atoms with Gasteiger partial charge < -0.3 is 0 Å². The third-order valence-electron chi connectivity index (χ3n) is 2.18. The van der Waals surface area contributed by atoms with Gasteiger partial charge in [0.2, 0.25) is 4.34 Å². The molecule has 2 heterocycles. The van der Waals surface area contributed by atoms with Gasteiger partial charge in [-0.2, -0.15) is 8.42 Å². The summed E-state index contributed by atoms with van der Waals surface area (Å²) in [7, 11) is -3.73. The van der Waals surface area contributed by atoms with Crippen LogP contribution < -0.4 is 0 Å². The van der Waals surface area contributed by atoms with E-state index in [0.717, 1.165) is 15.4 Å². The zero-order chi connectivity index (χ0) is 11.9. The van der Waals surface area contributed by atoms with Crippen LogP contribution in [0.2, 0.25) is 0 Å². The third-order valence-corrected chi connectivity index (χ3v) is 4.94. The number of thiazole rings is 1. The molecule has 0 atom stereocenters. The number of rotatable bonds is 2. The molecule has 17 heavy (non-hydrogen) atoms. The molecule has 2 aromatic heterocycles. The highest BCUT2D eigenvalue weighted by atomic mass is 32.2. The molecule has 86 valence electrons. The molecule has 0 aliphatic rings. The average molecular weight is 266 g/mol. The quantitative estimate of drug-likeness (QED) is 0.694. The lowest BCUT2D eigenvalue weighted by atomic mass is 10.3. The van der Waals surface area contributed by atoms with E-state index in [2.05, 4.69) is 15.3 Å². The third kappa shape index (κ3) is 1.53. The molecule has 0 N–H and O–H groups in total. The van der Waals surface area contributed by atoms with Gasteiger partial charge in [-0.15, -0.1) is 20.5 Å². The molecule has 0 radical (unpaired) electrons. The van der Waals surface area contributed by atoms with E-state index in [1.165, 1.54) is 6.20 Å². The number of para-hydroxylation sites is 1. The summed E-state index contributed by atoms with van der Waals surface area (Å²) in [5.74, 6) is 0. The minimum absolute atomic E-state index is 0.00755. The number of benzene rings is 1. The van der Waals surface area contributed by atoms with Crippen LogP contribution in [-0.2, 0) is 10.0 Å². The topological polar surface area (TPSA) is 77.7 Å². The number of hydrogen-bond donors (Lipinski definition) is 0. The smallest absolute Gasteiger partial charge is 0.232 e. The molecular weight excluding hydrogens is 260 g/mol. The van der Waals surface area contributed by atoms with Crippen LogP contribution >= 0.6 is 11.3 Å². The van der Waals surface area contributed by atoms with E-state index in [0.29, 0.717) is 11.0 Å². The van der Waals surface area contributed by atoms with Crippen molar-refractivity contribution in [2.75, 3.05) is 0 Å². The van der Waals surface area contributed by atoms with Crippen LogP contribution in [0.4, 0.5) is 0 Å². The van der Waals surface area contributed by atoms with Crippen molar-refractivity contribution in [2.45, 2.75) is 4.34 Å². The zero-order valence-corrected chi connectivity index (χ0v) is 10.0. The van der Waals surface area contributed by atoms with Crippen molar-refractivity contribution in [1.82, 2.24) is 19.4 Å². The molecule has 3 rings (SSSR count). The molecule has 0 aliphatic carbocycles. The van der Waals surface area contributed by atoms with Crippen molar-refractivity contribution in [2.24, 2.45) is 0 Å². The number of hydrogen-bond acceptors (Lipinski definition) is 6. The van der Waals surface area contributed by atoms with Gasteiger partial charge in [-0.3, -0.25) is 0 Å². The molecule has 0 bridgehead atoms. The highest BCUT2D eigenvalue weighted by Gasteiger charge is 2.23. The zero-order valence-electron chi connectivity index (χ0n) is 8.39. The summed E-state index contributed by atoms with van der Waals surface area (Å²) in [5, 5.41) is 9.08. The largest absolute Gasteiger partial charge is 0.312 e. The van der Waals surface area contributed by atoms with Gasteiger partial charge in [0, 0.05) is 11.6 Å². The Morgan fingerprint density at radius 1 is 1.24 bits per heavy atom. The van der Waals surface area contributed by atoms with E-state index in [9.17, 15) is 8.42 Å². The lowest BCUT2D eigenvalue weighted by Crippen LogP contribution is -2.14. The first-order valence-corrected chi connectivity index (χ1v) is 6.97. The van der Waals surface area contributed by atoms with Crippen molar-refractivity contribution in [1.29, 1.82) is 0 Å². The number of aromatic nitrogens is 4. The monoisotopic (exact) mass is 266 g/mol. The Bertz CT molecular complexity index is 761. The van der Waals surface area contributed by atoms with E-state index in [1.807, 2.05) is 0 Å². The molecule has 8 heteroatoms. The SMILES string of the molecule is O=S(=O)(c1nccs1)n1nnc2ccccc21. The van der Waals surface area contributed by atoms with Crippen molar-refractivity contribution in [3.8, 4) is 0 Å². The second-order valence-corrected chi connectivity index (χ2v) is 6.06. The molecule has 1 aromatic carbocycles. The fourth-order valence-corrected chi connectivity index (χ4v) is 3.55. The van der Waals surface area contributed by atoms with Crippen LogP contribution in [0.3, 0.4) is 0 Å². The molecule has 0 saturated carbocycles. The van der Waals surface area contributed by atoms with E-state index in [1.54, 1.807) is 29.6 Å². The predicted octanol–water partition coefficient (Wildman–Crippen LogP) is 1.12. The van der Waals surface area contributed by atoms with Crippen LogP contribution in [0, 0.1) is 0 Å². The fourth-order valence-electron chi connectivity index (χ4n) is 1.44. The highest BCUT2D eigenvalue weighted by Crippen LogP contribution is 2.19. The van der Waals surface area contributed by atoms with Gasteiger partial charge in [0.05, 0.1) is 0 Å². The Balaban J connectivity index is 2.30. The van der Waals surface area contributed by atoms with Crippen molar-refractivity contribution < 1.29 is 8.42 Å². The van der Waals surface area contributed by atoms with Gasteiger partial charge in [-0.05, 0) is 12.1 Å². The van der Waals surface area contributed by atoms with Gasteiger partial charge in [0.15, 0.2) is 0 Å². The van der Waals surface area contributed by atoms with Crippen LogP contribution in [-0.4, -0.2) is 27.8 Å². The normalized spacial score (nSPS) is 12.0. The maximum atomic E-state index is 12.2. The lowest BCUT2D eigenvalue weighted by molar-refractivity contribution is 0.578. The minimum atomic E-state index is -3.73. The summed E-state index contributed by atoms with van der Waals surface area (Å²) in [6, 6.07) is 6.87. The second kappa shape index (κ2) is 3.60. The molecule has 3 aromatic rings. The Morgan fingerprint density at radius 3 is 2.82 bits per heavy atom. The second-order valence-electron chi connectivity index (χ2n) is 3.22. The van der Waals surface area contributed by atoms with Gasteiger partial charge in [0.25, 0.3) is 0 Å². The van der Waals surface area contributed by atoms with Crippen LogP contribution in [0.5, 0.6) is 0 Å². The average Bonchev–Trinajstić information content (AvgIpc) is 2.99. The van der Waals surface area contributed by atoms with Crippen LogP contribution in [0.25, 0.3) is 11.0 Å². The summed E-state index contributed by atoms with van der Waals surface area (Å²) in [6.07, 6.45) is 1.44. The van der Waals surface area contributed by atoms with E-state index < -0.39 is 10.0 Å².